The van der Waals surface area contributed by atoms with Crippen LogP contribution in [0.25, 0.3) is 11.3 Å². The Morgan fingerprint density at radius 3 is 2.59 bits per heavy atom. The van der Waals surface area contributed by atoms with E-state index in [1.54, 1.807) is 13.8 Å². The van der Waals surface area contributed by atoms with Crippen LogP contribution in [-0.4, -0.2) is 93.5 Å². The van der Waals surface area contributed by atoms with E-state index < -0.39 is 59.8 Å². The second-order valence-electron chi connectivity index (χ2n) is 10.8. The molecule has 3 aliphatic heterocycles. The summed E-state index contributed by atoms with van der Waals surface area (Å²) in [5.41, 5.74) is -1.10. The first-order valence-electron chi connectivity index (χ1n) is 12.9. The summed E-state index contributed by atoms with van der Waals surface area (Å²) < 4.78 is 88.6. The van der Waals surface area contributed by atoms with Gasteiger partial charge in [0.05, 0.1) is 42.3 Å². The van der Waals surface area contributed by atoms with Crippen LogP contribution in [0.15, 0.2) is 29.0 Å². The average Bonchev–Trinajstić information content (AvgIpc) is 3.56. The lowest BCUT2D eigenvalue weighted by Gasteiger charge is -2.51. The van der Waals surface area contributed by atoms with Gasteiger partial charge in [0.25, 0.3) is 6.43 Å². The number of methoxy groups -OCH3 is 1. The van der Waals surface area contributed by atoms with Gasteiger partial charge in [-0.1, -0.05) is 10.4 Å². The first-order chi connectivity index (χ1) is 19.5. The normalized spacial score (nSPS) is 28.9. The summed E-state index contributed by atoms with van der Waals surface area (Å²) in [4.78, 5) is 0. The predicted molar refractivity (Wildman–Crippen MR) is 135 cm³/mol. The molecule has 3 aromatic rings. The summed E-state index contributed by atoms with van der Waals surface area (Å²) in [6, 6.07) is 2.15. The van der Waals surface area contributed by atoms with Gasteiger partial charge in [-0.25, -0.2) is 26.9 Å². The molecule has 3 saturated heterocycles. The third kappa shape index (κ3) is 4.97. The van der Waals surface area contributed by atoms with E-state index >= 15 is 0 Å². The number of halogens is 5. The summed E-state index contributed by atoms with van der Waals surface area (Å²) in [6.45, 7) is 3.39. The smallest absolute Gasteiger partial charge is 0.268 e. The van der Waals surface area contributed by atoms with Crippen molar-refractivity contribution in [2.75, 3.05) is 26.9 Å². The molecule has 5 atom stereocenters. The van der Waals surface area contributed by atoms with Crippen LogP contribution in [-0.2, 0) is 35.6 Å². The molecule has 41 heavy (non-hydrogen) atoms. The third-order valence-corrected chi connectivity index (χ3v) is 8.30. The topological polar surface area (TPSA) is 108 Å². The zero-order valence-electron chi connectivity index (χ0n) is 22.2. The minimum atomic E-state index is -2.68. The maximum atomic E-state index is 14.7. The van der Waals surface area contributed by atoms with E-state index in [9.17, 15) is 17.6 Å². The molecule has 0 bridgehead atoms. The van der Waals surface area contributed by atoms with Gasteiger partial charge in [-0.15, -0.1) is 10.2 Å². The molecule has 222 valence electrons. The number of benzene rings is 1. The lowest BCUT2D eigenvalue weighted by Crippen LogP contribution is -2.62. The Morgan fingerprint density at radius 2 is 1.90 bits per heavy atom. The van der Waals surface area contributed by atoms with Gasteiger partial charge in [0.1, 0.15) is 30.0 Å². The summed E-state index contributed by atoms with van der Waals surface area (Å²) in [5, 5.41) is 16.4. The van der Waals surface area contributed by atoms with Gasteiger partial charge in [0, 0.05) is 25.3 Å². The van der Waals surface area contributed by atoms with E-state index in [1.807, 2.05) is 0 Å². The second-order valence-corrected chi connectivity index (χ2v) is 11.6. The second kappa shape index (κ2) is 10.6. The summed E-state index contributed by atoms with van der Waals surface area (Å²) in [7, 11) is 1.49. The molecule has 0 radical (unpaired) electrons. The van der Waals surface area contributed by atoms with Crippen molar-refractivity contribution in [1.29, 1.82) is 0 Å². The predicted octanol–water partition coefficient (Wildman–Crippen LogP) is 3.29. The maximum absolute atomic E-state index is 14.7. The number of rotatable bonds is 7. The van der Waals surface area contributed by atoms with Gasteiger partial charge >= 0.3 is 0 Å². The highest BCUT2D eigenvalue weighted by Crippen LogP contribution is 2.41. The van der Waals surface area contributed by atoms with Crippen LogP contribution in [0.5, 0.6) is 0 Å². The molecule has 0 aliphatic carbocycles. The first kappa shape index (κ1) is 28.6. The molecule has 3 aliphatic rings. The Hall–Kier alpha value is -2.50. The number of fused-ring (bicyclic) bond motifs is 1. The van der Waals surface area contributed by atoms with E-state index in [0.29, 0.717) is 5.69 Å². The van der Waals surface area contributed by atoms with Crippen LogP contribution in [0.4, 0.5) is 17.6 Å². The largest absolute Gasteiger partial charge is 0.376 e. The van der Waals surface area contributed by atoms with Gasteiger partial charge in [-0.05, 0) is 41.9 Å². The fraction of sp³-hybridized carbons (Fsp3) is 0.600. The summed E-state index contributed by atoms with van der Waals surface area (Å²) in [5.74, 6) is -3.06. The Kier molecular flexibility index (Phi) is 7.43. The third-order valence-electron chi connectivity index (χ3n) is 7.69. The minimum absolute atomic E-state index is 0.0141. The minimum Gasteiger partial charge on any atom is -0.376 e. The Bertz CT molecular complexity index is 1420. The highest BCUT2D eigenvalue weighted by atomic mass is 79.9. The van der Waals surface area contributed by atoms with Crippen molar-refractivity contribution in [2.24, 2.45) is 0 Å². The molecule has 16 heteroatoms. The Balaban J connectivity index is 1.33. The molecule has 3 fully saturated rings. The van der Waals surface area contributed by atoms with E-state index in [1.165, 1.54) is 36.3 Å². The Morgan fingerprint density at radius 1 is 1.12 bits per heavy atom. The van der Waals surface area contributed by atoms with E-state index in [-0.39, 0.29) is 42.0 Å². The number of aromatic nitrogens is 6. The number of nitrogens with zero attached hydrogens (tertiary/aromatic N) is 6. The highest BCUT2D eigenvalue weighted by molar-refractivity contribution is 9.10. The molecule has 0 saturated carbocycles. The molecule has 0 spiro atoms. The van der Waals surface area contributed by atoms with Gasteiger partial charge in [0.2, 0.25) is 0 Å². The number of hydrogen-bond acceptors (Lipinski definition) is 9. The number of hydrogen-bond donors (Lipinski definition) is 0. The fourth-order valence-electron chi connectivity index (χ4n) is 5.44. The van der Waals surface area contributed by atoms with Crippen molar-refractivity contribution < 1.29 is 41.2 Å². The van der Waals surface area contributed by atoms with Gasteiger partial charge < -0.3 is 23.7 Å². The van der Waals surface area contributed by atoms with Crippen LogP contribution in [0.2, 0.25) is 0 Å². The standard InChI is InChI=1S/C25H27BrF4N6O5/c1-24(2)39-9-17-22(41-24)20(35-8-15(32-33-35)13-4-5-14(26)19(28)18(13)27)21(37-3)16(40-17)6-12-7-36(34-31-12)25(23(29)30)10-38-11-25/h4-5,7-8,16-17,20-23H,6,9-11H2,1-3H3/t16-,17-,20?,21+,22+/m1/s1. The molecular formula is C25H27BrF4N6O5. The quantitative estimate of drug-likeness (QED) is 0.282. The van der Waals surface area contributed by atoms with Gasteiger partial charge in [-0.3, -0.25) is 0 Å². The van der Waals surface area contributed by atoms with Crippen LogP contribution in [0.3, 0.4) is 0 Å². The maximum Gasteiger partial charge on any atom is 0.268 e. The van der Waals surface area contributed by atoms with Crippen LogP contribution in [0.1, 0.15) is 25.6 Å². The zero-order valence-corrected chi connectivity index (χ0v) is 23.8. The molecule has 6 rings (SSSR count). The molecule has 5 heterocycles. The summed E-state index contributed by atoms with van der Waals surface area (Å²) >= 11 is 2.98. The van der Waals surface area contributed by atoms with Gasteiger partial charge in [0.15, 0.2) is 23.0 Å². The van der Waals surface area contributed by atoms with Crippen LogP contribution in [0, 0.1) is 11.6 Å². The summed E-state index contributed by atoms with van der Waals surface area (Å²) in [6.07, 6.45) is -2.11. The average molecular weight is 647 g/mol. The first-order valence-corrected chi connectivity index (χ1v) is 13.7. The molecule has 1 aromatic carbocycles. The number of ether oxygens (including phenoxy) is 5. The highest BCUT2D eigenvalue weighted by Gasteiger charge is 2.54. The molecular weight excluding hydrogens is 620 g/mol. The van der Waals surface area contributed by atoms with Crippen LogP contribution < -0.4 is 0 Å². The zero-order chi connectivity index (χ0) is 29.1. The molecule has 11 nitrogen and oxygen atoms in total. The van der Waals surface area contributed by atoms with E-state index in [4.69, 9.17) is 23.7 Å². The van der Waals surface area contributed by atoms with Gasteiger partial charge in [-0.2, -0.15) is 0 Å². The van der Waals surface area contributed by atoms with Crippen molar-refractivity contribution in [3.05, 3.63) is 46.3 Å². The Labute approximate surface area is 240 Å². The SMILES string of the molecule is CO[C@@H]1C(n2cc(-c3ccc(Br)c(F)c3F)nn2)[C@H]2OC(C)(C)OC[C@H]2O[C@@H]1Cc1cn(C2(C(F)F)COC2)nn1. The lowest BCUT2D eigenvalue weighted by atomic mass is 9.89. The molecule has 0 amide bonds. The number of alkyl halides is 2. The van der Waals surface area contributed by atoms with Crippen molar-refractivity contribution in [3.63, 3.8) is 0 Å². The fourth-order valence-corrected chi connectivity index (χ4v) is 5.75. The molecule has 2 aromatic heterocycles. The van der Waals surface area contributed by atoms with E-state index in [0.717, 1.165) is 4.68 Å². The van der Waals surface area contributed by atoms with Crippen molar-refractivity contribution in [3.8, 4) is 11.3 Å². The van der Waals surface area contributed by atoms with Crippen molar-refractivity contribution in [2.45, 2.75) is 68.5 Å². The molecule has 1 unspecified atom stereocenters. The van der Waals surface area contributed by atoms with Crippen LogP contribution >= 0.6 is 15.9 Å². The monoisotopic (exact) mass is 646 g/mol. The van der Waals surface area contributed by atoms with Crippen molar-refractivity contribution in [1.82, 2.24) is 30.0 Å². The molecule has 0 N–H and O–H groups in total. The van der Waals surface area contributed by atoms with E-state index in [2.05, 4.69) is 36.6 Å². The van der Waals surface area contributed by atoms with Crippen molar-refractivity contribution >= 4 is 15.9 Å². The lowest BCUT2D eigenvalue weighted by molar-refractivity contribution is -0.349.